The van der Waals surface area contributed by atoms with Gasteiger partial charge in [-0.05, 0) is 75.2 Å². The van der Waals surface area contributed by atoms with E-state index in [2.05, 4.69) is 10.6 Å². The van der Waals surface area contributed by atoms with Gasteiger partial charge in [-0.25, -0.2) is 9.59 Å². The van der Waals surface area contributed by atoms with E-state index in [1.807, 2.05) is 18.2 Å². The first kappa shape index (κ1) is 33.9. The van der Waals surface area contributed by atoms with Gasteiger partial charge < -0.3 is 35.2 Å². The number of carbonyl (C=O) groups is 3. The second-order valence-electron chi connectivity index (χ2n) is 11.5. The number of carbonyl (C=O) groups excluding carboxylic acids is 3. The van der Waals surface area contributed by atoms with Crippen LogP contribution in [0.15, 0.2) is 78.9 Å². The Kier molecular flexibility index (Phi) is 12.1. The minimum absolute atomic E-state index is 0.0554. The molecular formula is C33H42N4O7. The topological polar surface area (TPSA) is 141 Å². The van der Waals surface area contributed by atoms with Crippen molar-refractivity contribution in [2.45, 2.75) is 44.9 Å². The Morgan fingerprint density at radius 2 is 1.55 bits per heavy atom. The second-order valence-corrected chi connectivity index (χ2v) is 11.5. The molecule has 0 aliphatic heterocycles. The van der Waals surface area contributed by atoms with Gasteiger partial charge in [0.1, 0.15) is 24.1 Å². The Hall–Kier alpha value is -4.61. The van der Waals surface area contributed by atoms with E-state index in [1.165, 1.54) is 9.80 Å². The van der Waals surface area contributed by atoms with Crippen LogP contribution in [0.3, 0.4) is 0 Å². The molecule has 3 aromatic rings. The average molecular weight is 607 g/mol. The van der Waals surface area contributed by atoms with Crippen molar-refractivity contribution in [3.8, 4) is 5.75 Å². The standard InChI is InChI=1S/C33H42N4O7/c1-33(2,3)44-32(42)37(20-28(39)22-43-29-12-7-6-8-13-29)27(21-38)18-23-14-16-25(17-15-23)34-31(41)35-26-11-9-10-24(19-26)30(40)36(4)5/h6-17,19,27-28,38-39H,18,20-22H2,1-5H3,(H2,34,35,41)/t27-,28?/m0/s1. The monoisotopic (exact) mass is 606 g/mol. The van der Waals surface area contributed by atoms with E-state index in [4.69, 9.17) is 9.47 Å². The van der Waals surface area contributed by atoms with Crippen LogP contribution in [0.4, 0.5) is 21.0 Å². The van der Waals surface area contributed by atoms with Gasteiger partial charge in [-0.1, -0.05) is 36.4 Å². The summed E-state index contributed by atoms with van der Waals surface area (Å²) in [4.78, 5) is 40.7. The van der Waals surface area contributed by atoms with Gasteiger partial charge in [-0.3, -0.25) is 9.69 Å². The van der Waals surface area contributed by atoms with Crippen molar-refractivity contribution in [2.75, 3.05) is 44.5 Å². The molecule has 0 aliphatic rings. The number of nitrogens with zero attached hydrogens (tertiary/aromatic N) is 2. The van der Waals surface area contributed by atoms with Gasteiger partial charge in [0, 0.05) is 31.0 Å². The average Bonchev–Trinajstić information content (AvgIpc) is 2.98. The van der Waals surface area contributed by atoms with Crippen molar-refractivity contribution in [3.05, 3.63) is 90.0 Å². The largest absolute Gasteiger partial charge is 0.491 e. The maximum absolute atomic E-state index is 13.1. The third-order valence-electron chi connectivity index (χ3n) is 6.33. The predicted octanol–water partition coefficient (Wildman–Crippen LogP) is 4.61. The summed E-state index contributed by atoms with van der Waals surface area (Å²) in [6, 6.07) is 21.4. The number of benzene rings is 3. The second kappa shape index (κ2) is 15.7. The van der Waals surface area contributed by atoms with Crippen LogP contribution >= 0.6 is 0 Å². The van der Waals surface area contributed by atoms with Crippen molar-refractivity contribution >= 4 is 29.4 Å². The number of ether oxygens (including phenoxy) is 2. The van der Waals surface area contributed by atoms with E-state index in [1.54, 1.807) is 95.5 Å². The normalized spacial score (nSPS) is 12.4. The molecule has 3 aromatic carbocycles. The number of rotatable bonds is 12. The lowest BCUT2D eigenvalue weighted by Gasteiger charge is -2.34. The molecule has 0 aliphatic carbocycles. The molecule has 0 radical (unpaired) electrons. The van der Waals surface area contributed by atoms with Crippen LogP contribution in [0.2, 0.25) is 0 Å². The number of aliphatic hydroxyl groups excluding tert-OH is 2. The minimum atomic E-state index is -1.04. The lowest BCUT2D eigenvalue weighted by Crippen LogP contribution is -2.50. The highest BCUT2D eigenvalue weighted by Gasteiger charge is 2.30. The zero-order valence-corrected chi connectivity index (χ0v) is 25.8. The third kappa shape index (κ3) is 10.9. The Morgan fingerprint density at radius 3 is 2.16 bits per heavy atom. The van der Waals surface area contributed by atoms with Gasteiger partial charge in [0.2, 0.25) is 0 Å². The first-order valence-electron chi connectivity index (χ1n) is 14.3. The van der Waals surface area contributed by atoms with Crippen molar-refractivity contribution < 1.29 is 34.1 Å². The molecule has 3 rings (SSSR count). The van der Waals surface area contributed by atoms with Crippen LogP contribution in [-0.4, -0.2) is 89.6 Å². The van der Waals surface area contributed by atoms with Crippen molar-refractivity contribution in [1.82, 2.24) is 9.80 Å². The molecule has 0 saturated heterocycles. The van der Waals surface area contributed by atoms with Gasteiger partial charge in [0.15, 0.2) is 0 Å². The Labute approximate surface area is 258 Å². The lowest BCUT2D eigenvalue weighted by molar-refractivity contribution is -0.00891. The molecule has 4 N–H and O–H groups in total. The lowest BCUT2D eigenvalue weighted by atomic mass is 10.0. The summed E-state index contributed by atoms with van der Waals surface area (Å²) >= 11 is 0. The molecule has 0 heterocycles. The number of para-hydroxylation sites is 1. The van der Waals surface area contributed by atoms with Crippen LogP contribution in [0.1, 0.15) is 36.7 Å². The quantitative estimate of drug-likeness (QED) is 0.236. The fourth-order valence-corrected chi connectivity index (χ4v) is 4.23. The highest BCUT2D eigenvalue weighted by molar-refractivity contribution is 6.01. The van der Waals surface area contributed by atoms with Crippen LogP contribution in [-0.2, 0) is 11.2 Å². The molecule has 44 heavy (non-hydrogen) atoms. The van der Waals surface area contributed by atoms with E-state index in [9.17, 15) is 24.6 Å². The zero-order chi connectivity index (χ0) is 32.3. The molecule has 0 aromatic heterocycles. The van der Waals surface area contributed by atoms with Gasteiger partial charge in [-0.2, -0.15) is 0 Å². The van der Waals surface area contributed by atoms with Gasteiger partial charge >= 0.3 is 12.1 Å². The minimum Gasteiger partial charge on any atom is -0.491 e. The van der Waals surface area contributed by atoms with Gasteiger partial charge in [-0.15, -0.1) is 0 Å². The molecule has 0 fully saturated rings. The Balaban J connectivity index is 1.64. The van der Waals surface area contributed by atoms with Crippen molar-refractivity contribution in [3.63, 3.8) is 0 Å². The molecule has 11 heteroatoms. The van der Waals surface area contributed by atoms with Gasteiger partial charge in [0.05, 0.1) is 19.2 Å². The summed E-state index contributed by atoms with van der Waals surface area (Å²) in [6.45, 7) is 4.69. The number of urea groups is 1. The highest BCUT2D eigenvalue weighted by atomic mass is 16.6. The summed E-state index contributed by atoms with van der Waals surface area (Å²) in [7, 11) is 3.31. The molecule has 1 unspecified atom stereocenters. The SMILES string of the molecule is CN(C)C(=O)c1cccc(NC(=O)Nc2ccc(C[C@@H](CO)N(CC(O)COc3ccccc3)C(=O)OC(C)(C)C)cc2)c1. The molecule has 2 atom stereocenters. The summed E-state index contributed by atoms with van der Waals surface area (Å²) in [5.41, 5.74) is 1.44. The highest BCUT2D eigenvalue weighted by Crippen LogP contribution is 2.19. The molecule has 0 bridgehead atoms. The number of aliphatic hydroxyl groups is 2. The van der Waals surface area contributed by atoms with E-state index < -0.39 is 29.9 Å². The van der Waals surface area contributed by atoms with Gasteiger partial charge in [0.25, 0.3) is 5.91 Å². The molecular weight excluding hydrogens is 564 g/mol. The number of hydrogen-bond donors (Lipinski definition) is 4. The molecule has 11 nitrogen and oxygen atoms in total. The maximum atomic E-state index is 13.1. The van der Waals surface area contributed by atoms with E-state index in [0.717, 1.165) is 5.56 Å². The molecule has 236 valence electrons. The summed E-state index contributed by atoms with van der Waals surface area (Å²) < 4.78 is 11.2. The van der Waals surface area contributed by atoms with Crippen LogP contribution in [0.25, 0.3) is 0 Å². The fraction of sp³-hybridized carbons (Fsp3) is 0.364. The van der Waals surface area contributed by atoms with Crippen LogP contribution < -0.4 is 15.4 Å². The molecule has 4 amide bonds. The van der Waals surface area contributed by atoms with E-state index >= 15 is 0 Å². The molecule has 0 spiro atoms. The third-order valence-corrected chi connectivity index (χ3v) is 6.33. The smallest absolute Gasteiger partial charge is 0.410 e. The van der Waals surface area contributed by atoms with E-state index in [-0.39, 0.29) is 32.1 Å². The first-order valence-corrected chi connectivity index (χ1v) is 14.3. The number of nitrogens with one attached hydrogen (secondary N) is 2. The number of hydrogen-bond acceptors (Lipinski definition) is 7. The Bertz CT molecular complexity index is 1370. The number of anilines is 2. The number of amides is 4. The van der Waals surface area contributed by atoms with E-state index in [0.29, 0.717) is 22.7 Å². The fourth-order valence-electron chi connectivity index (χ4n) is 4.23. The predicted molar refractivity (Wildman–Crippen MR) is 169 cm³/mol. The summed E-state index contributed by atoms with van der Waals surface area (Å²) in [6.07, 6.45) is -1.44. The summed E-state index contributed by atoms with van der Waals surface area (Å²) in [5.74, 6) is 0.412. The van der Waals surface area contributed by atoms with Crippen molar-refractivity contribution in [2.24, 2.45) is 0 Å². The Morgan fingerprint density at radius 1 is 0.886 bits per heavy atom. The first-order chi connectivity index (χ1) is 20.8. The maximum Gasteiger partial charge on any atom is 0.410 e. The summed E-state index contributed by atoms with van der Waals surface area (Å²) in [5, 5.41) is 26.5. The zero-order valence-electron chi connectivity index (χ0n) is 25.8. The van der Waals surface area contributed by atoms with Crippen molar-refractivity contribution in [1.29, 1.82) is 0 Å². The molecule has 0 saturated carbocycles. The van der Waals surface area contributed by atoms with Crippen LogP contribution in [0.5, 0.6) is 5.75 Å². The van der Waals surface area contributed by atoms with Crippen LogP contribution in [0, 0.1) is 0 Å².